The van der Waals surface area contributed by atoms with Crippen molar-refractivity contribution in [1.29, 1.82) is 0 Å². The van der Waals surface area contributed by atoms with Crippen molar-refractivity contribution in [2.75, 3.05) is 63.3 Å². The van der Waals surface area contributed by atoms with E-state index in [2.05, 4.69) is 55.4 Å². The second-order valence-corrected chi connectivity index (χ2v) is 11.4. The molecular formula is C33H35N5O4S. The summed E-state index contributed by atoms with van der Waals surface area (Å²) >= 11 is 1.42. The Morgan fingerprint density at radius 3 is 2.60 bits per heavy atom. The Morgan fingerprint density at radius 1 is 0.977 bits per heavy atom. The summed E-state index contributed by atoms with van der Waals surface area (Å²) in [6.07, 6.45) is 2.45. The van der Waals surface area contributed by atoms with Gasteiger partial charge in [-0.15, -0.1) is 11.3 Å². The average molecular weight is 598 g/mol. The molecule has 1 N–H and O–H groups in total. The van der Waals surface area contributed by atoms with Crippen LogP contribution in [0.5, 0.6) is 11.5 Å². The number of fused-ring (bicyclic) bond motifs is 2. The highest BCUT2D eigenvalue weighted by molar-refractivity contribution is 7.20. The number of carbonyl (C=O) groups excluding carboxylic acids is 1. The van der Waals surface area contributed by atoms with Crippen LogP contribution < -0.4 is 19.7 Å². The lowest BCUT2D eigenvalue weighted by Crippen LogP contribution is -2.46. The van der Waals surface area contributed by atoms with Gasteiger partial charge in [0.1, 0.15) is 17.0 Å². The molecule has 0 saturated carbocycles. The van der Waals surface area contributed by atoms with Crippen LogP contribution in [0.2, 0.25) is 0 Å². The molecule has 0 amide bonds. The highest BCUT2D eigenvalue weighted by Gasteiger charge is 2.18. The van der Waals surface area contributed by atoms with Gasteiger partial charge in [-0.2, -0.15) is 0 Å². The van der Waals surface area contributed by atoms with Gasteiger partial charge in [0, 0.05) is 60.3 Å². The van der Waals surface area contributed by atoms with Crippen LogP contribution in [0.1, 0.15) is 23.0 Å². The van der Waals surface area contributed by atoms with Gasteiger partial charge in [0.2, 0.25) is 0 Å². The van der Waals surface area contributed by atoms with Crippen LogP contribution in [0, 0.1) is 0 Å². The molecule has 5 aromatic rings. The molecule has 0 unspecified atom stereocenters. The number of nitrogens with zero attached hydrogens (tertiary/aromatic N) is 4. The smallest absolute Gasteiger partial charge is 0.348 e. The summed E-state index contributed by atoms with van der Waals surface area (Å²) in [5, 5.41) is 5.21. The molecule has 0 aliphatic carbocycles. The van der Waals surface area contributed by atoms with Gasteiger partial charge >= 0.3 is 5.97 Å². The van der Waals surface area contributed by atoms with Crippen LogP contribution in [-0.4, -0.2) is 73.9 Å². The highest BCUT2D eigenvalue weighted by Crippen LogP contribution is 2.36. The summed E-state index contributed by atoms with van der Waals surface area (Å²) in [5.41, 5.74) is 2.90. The minimum atomic E-state index is -0.299. The first kappa shape index (κ1) is 28.7. The van der Waals surface area contributed by atoms with E-state index in [0.29, 0.717) is 35.4 Å². The molecule has 6 rings (SSSR count). The fourth-order valence-corrected chi connectivity index (χ4v) is 6.27. The Hall–Kier alpha value is -4.41. The van der Waals surface area contributed by atoms with Gasteiger partial charge in [-0.05, 0) is 61.2 Å². The van der Waals surface area contributed by atoms with Crippen molar-refractivity contribution in [3.8, 4) is 11.5 Å². The lowest BCUT2D eigenvalue weighted by molar-refractivity contribution is 0.0532. The molecule has 10 heteroatoms. The third kappa shape index (κ3) is 6.65. The first-order valence-electron chi connectivity index (χ1n) is 14.6. The first-order chi connectivity index (χ1) is 21.1. The summed E-state index contributed by atoms with van der Waals surface area (Å²) in [7, 11) is 1.64. The standard InChI is InChI=1S/C33H35N5O4S/c1-3-41-33(39)31-19-23-18-24(10-11-30(23)43-31)36-32-26-20-29(28(40-2)21-27(26)34-22-35-32)42-17-7-12-37-13-15-38(16-14-37)25-8-5-4-6-9-25/h4-6,8-11,18-22H,3,7,12-17H2,1-2H3,(H,34,35,36). The van der Waals surface area contributed by atoms with E-state index in [0.717, 1.165) is 65.8 Å². The topological polar surface area (TPSA) is 89.0 Å². The number of benzene rings is 3. The number of carbonyl (C=O) groups is 1. The maximum atomic E-state index is 12.2. The maximum Gasteiger partial charge on any atom is 0.348 e. The number of hydrogen-bond donors (Lipinski definition) is 1. The van der Waals surface area contributed by atoms with Crippen LogP contribution in [0.15, 0.2) is 73.1 Å². The second kappa shape index (κ2) is 13.3. The van der Waals surface area contributed by atoms with Crippen molar-refractivity contribution in [2.24, 2.45) is 0 Å². The molecule has 0 atom stereocenters. The van der Waals surface area contributed by atoms with Crippen LogP contribution in [-0.2, 0) is 4.74 Å². The van der Waals surface area contributed by atoms with Gasteiger partial charge < -0.3 is 24.4 Å². The molecule has 3 aromatic carbocycles. The van der Waals surface area contributed by atoms with Gasteiger partial charge in [-0.1, -0.05) is 18.2 Å². The second-order valence-electron chi connectivity index (χ2n) is 10.3. The predicted molar refractivity (Wildman–Crippen MR) is 172 cm³/mol. The van der Waals surface area contributed by atoms with Crippen LogP contribution >= 0.6 is 11.3 Å². The predicted octanol–water partition coefficient (Wildman–Crippen LogP) is 6.36. The fourth-order valence-electron chi connectivity index (χ4n) is 5.34. The number of methoxy groups -OCH3 is 1. The Morgan fingerprint density at radius 2 is 1.81 bits per heavy atom. The summed E-state index contributed by atoms with van der Waals surface area (Å²) in [6.45, 7) is 7.87. The van der Waals surface area contributed by atoms with Crippen molar-refractivity contribution < 1.29 is 19.0 Å². The summed E-state index contributed by atoms with van der Waals surface area (Å²) in [5.74, 6) is 1.66. The summed E-state index contributed by atoms with van der Waals surface area (Å²) in [4.78, 5) is 26.7. The molecule has 0 spiro atoms. The lowest BCUT2D eigenvalue weighted by atomic mass is 10.2. The molecular weight excluding hydrogens is 562 g/mol. The average Bonchev–Trinajstić information content (AvgIpc) is 3.48. The quantitative estimate of drug-likeness (QED) is 0.138. The van der Waals surface area contributed by atoms with Crippen molar-refractivity contribution in [2.45, 2.75) is 13.3 Å². The molecule has 222 valence electrons. The maximum absolute atomic E-state index is 12.2. The van der Waals surface area contributed by atoms with Gasteiger partial charge in [-0.25, -0.2) is 14.8 Å². The molecule has 0 radical (unpaired) electrons. The zero-order chi connectivity index (χ0) is 29.6. The fraction of sp³-hybridized carbons (Fsp3) is 0.303. The van der Waals surface area contributed by atoms with E-state index in [1.54, 1.807) is 14.0 Å². The van der Waals surface area contributed by atoms with E-state index >= 15 is 0 Å². The van der Waals surface area contributed by atoms with E-state index in [4.69, 9.17) is 14.2 Å². The van der Waals surface area contributed by atoms with E-state index in [-0.39, 0.29) is 5.97 Å². The zero-order valence-corrected chi connectivity index (χ0v) is 25.2. The van der Waals surface area contributed by atoms with Crippen LogP contribution in [0.3, 0.4) is 0 Å². The van der Waals surface area contributed by atoms with Gasteiger partial charge in [0.25, 0.3) is 0 Å². The van der Waals surface area contributed by atoms with Crippen molar-refractivity contribution in [3.05, 3.63) is 77.9 Å². The van der Waals surface area contributed by atoms with Crippen LogP contribution in [0.25, 0.3) is 21.0 Å². The number of hydrogen-bond acceptors (Lipinski definition) is 10. The number of anilines is 3. The third-order valence-electron chi connectivity index (χ3n) is 7.55. The largest absolute Gasteiger partial charge is 0.493 e. The number of piperazine rings is 1. The van der Waals surface area contributed by atoms with Gasteiger partial charge in [0.05, 0.1) is 25.8 Å². The Bertz CT molecular complexity index is 1700. The SMILES string of the molecule is CCOC(=O)c1cc2cc(Nc3ncnc4cc(OC)c(OCCCN5CCN(c6ccccc6)CC5)cc34)ccc2s1. The molecule has 1 aliphatic heterocycles. The molecule has 0 bridgehead atoms. The Kier molecular flexibility index (Phi) is 8.85. The number of esters is 1. The van der Waals surface area contributed by atoms with E-state index in [1.807, 2.05) is 36.4 Å². The molecule has 1 fully saturated rings. The third-order valence-corrected chi connectivity index (χ3v) is 8.64. The normalized spacial score (nSPS) is 13.8. The van der Waals surface area contributed by atoms with Gasteiger partial charge in [-0.3, -0.25) is 4.90 Å². The number of ether oxygens (including phenoxy) is 3. The summed E-state index contributed by atoms with van der Waals surface area (Å²) in [6, 6.07) is 22.3. The minimum Gasteiger partial charge on any atom is -0.493 e. The monoisotopic (exact) mass is 597 g/mol. The van der Waals surface area contributed by atoms with E-state index in [9.17, 15) is 4.79 Å². The molecule has 9 nitrogen and oxygen atoms in total. The molecule has 1 aliphatic rings. The Labute approximate surface area is 255 Å². The van der Waals surface area contributed by atoms with E-state index in [1.165, 1.54) is 23.4 Å². The number of nitrogens with one attached hydrogen (secondary N) is 1. The lowest BCUT2D eigenvalue weighted by Gasteiger charge is -2.36. The molecule has 3 heterocycles. The minimum absolute atomic E-state index is 0.299. The summed E-state index contributed by atoms with van der Waals surface area (Å²) < 4.78 is 18.1. The molecule has 2 aromatic heterocycles. The van der Waals surface area contributed by atoms with Crippen LogP contribution in [0.4, 0.5) is 17.2 Å². The number of aromatic nitrogens is 2. The highest BCUT2D eigenvalue weighted by atomic mass is 32.1. The Balaban J connectivity index is 1.10. The number of para-hydroxylation sites is 1. The van der Waals surface area contributed by atoms with Gasteiger partial charge in [0.15, 0.2) is 11.5 Å². The first-order valence-corrected chi connectivity index (χ1v) is 15.4. The number of thiophene rings is 1. The molecule has 1 saturated heterocycles. The van der Waals surface area contributed by atoms with Crippen molar-refractivity contribution in [1.82, 2.24) is 14.9 Å². The molecule has 43 heavy (non-hydrogen) atoms. The van der Waals surface area contributed by atoms with Crippen molar-refractivity contribution in [3.63, 3.8) is 0 Å². The number of rotatable bonds is 11. The zero-order valence-electron chi connectivity index (χ0n) is 24.4. The van der Waals surface area contributed by atoms with Crippen molar-refractivity contribution >= 4 is 55.5 Å². The van der Waals surface area contributed by atoms with E-state index < -0.39 is 0 Å².